The molecule has 0 saturated carbocycles. The summed E-state index contributed by atoms with van der Waals surface area (Å²) in [7, 11) is 1.06. The number of esters is 1. The second-order valence-corrected chi connectivity index (χ2v) is 2.21. The van der Waals surface area contributed by atoms with Crippen LogP contribution in [0.5, 0.6) is 0 Å². The van der Waals surface area contributed by atoms with E-state index in [0.29, 0.717) is 0 Å². The molecule has 0 aliphatic carbocycles. The zero-order valence-electron chi connectivity index (χ0n) is 6.73. The molecule has 0 aromatic rings. The lowest BCUT2D eigenvalue weighted by Crippen LogP contribution is -2.17. The molecule has 0 unspecified atom stereocenters. The van der Waals surface area contributed by atoms with Gasteiger partial charge in [0.25, 0.3) is 5.92 Å². The number of carbonyl (C=O) groups is 1. The highest BCUT2D eigenvalue weighted by Crippen LogP contribution is 2.18. The van der Waals surface area contributed by atoms with Crippen molar-refractivity contribution in [1.29, 1.82) is 0 Å². The minimum atomic E-state index is -3.59. The molecule has 0 bridgehead atoms. The summed E-state index contributed by atoms with van der Waals surface area (Å²) in [4.78, 5) is 10.6. The van der Waals surface area contributed by atoms with Crippen LogP contribution in [0.3, 0.4) is 0 Å². The van der Waals surface area contributed by atoms with Crippen LogP contribution in [-0.4, -0.2) is 25.7 Å². The molecule has 0 aromatic heterocycles. The molecule has 70 valence electrons. The van der Waals surface area contributed by atoms with E-state index in [-0.39, 0.29) is 11.6 Å². The van der Waals surface area contributed by atoms with Crippen LogP contribution in [-0.2, 0) is 9.53 Å². The van der Waals surface area contributed by atoms with Gasteiger partial charge in [-0.05, 0) is 13.0 Å². The zero-order valence-corrected chi connectivity index (χ0v) is 6.73. The van der Waals surface area contributed by atoms with Gasteiger partial charge in [0, 0.05) is 5.57 Å². The highest BCUT2D eigenvalue weighted by Gasteiger charge is 2.27. The Bertz CT molecular complexity index is 199. The first-order valence-electron chi connectivity index (χ1n) is 3.14. The maximum Gasteiger partial charge on any atom is 0.333 e. The molecule has 0 saturated heterocycles. The molecular weight excluding hydrogens is 173 g/mol. The van der Waals surface area contributed by atoms with Crippen molar-refractivity contribution in [3.63, 3.8) is 0 Å². The first-order chi connectivity index (χ1) is 5.43. The third-order valence-corrected chi connectivity index (χ3v) is 1.11. The summed E-state index contributed by atoms with van der Waals surface area (Å²) in [6, 6.07) is 0. The number of ether oxygens (including phenoxy) is 1. The van der Waals surface area contributed by atoms with Gasteiger partial charge in [0.2, 0.25) is 0 Å². The van der Waals surface area contributed by atoms with E-state index in [9.17, 15) is 18.0 Å². The number of methoxy groups -OCH3 is 1. The summed E-state index contributed by atoms with van der Waals surface area (Å²) in [6.07, 6.45) is 0.249. The third kappa shape index (κ3) is 3.41. The number of carbonyl (C=O) groups excluding carboxylic acids is 1. The lowest BCUT2D eigenvalue weighted by atomic mass is 10.2. The van der Waals surface area contributed by atoms with Crippen molar-refractivity contribution < 1.29 is 22.7 Å². The summed E-state index contributed by atoms with van der Waals surface area (Å²) in [5.41, 5.74) is -0.305. The molecule has 0 radical (unpaired) electrons. The Morgan fingerprint density at radius 3 is 2.42 bits per heavy atom. The smallest absolute Gasteiger partial charge is 0.333 e. The fourth-order valence-corrected chi connectivity index (χ4v) is 0.575. The monoisotopic (exact) mass is 182 g/mol. The largest absolute Gasteiger partial charge is 0.466 e. The van der Waals surface area contributed by atoms with Crippen LogP contribution in [0.2, 0.25) is 0 Å². The van der Waals surface area contributed by atoms with Crippen LogP contribution in [0, 0.1) is 0 Å². The van der Waals surface area contributed by atoms with E-state index in [2.05, 4.69) is 4.74 Å². The van der Waals surface area contributed by atoms with Crippen LogP contribution in [0.15, 0.2) is 11.6 Å². The van der Waals surface area contributed by atoms with E-state index in [1.54, 1.807) is 0 Å². The Kier molecular flexibility index (Phi) is 3.79. The normalized spacial score (nSPS) is 12.9. The lowest BCUT2D eigenvalue weighted by molar-refractivity contribution is -0.136. The molecule has 0 heterocycles. The van der Waals surface area contributed by atoms with Crippen LogP contribution in [0.25, 0.3) is 0 Å². The molecule has 0 atom stereocenters. The Morgan fingerprint density at radius 2 is 2.08 bits per heavy atom. The molecule has 0 aliphatic rings. The van der Waals surface area contributed by atoms with E-state index in [4.69, 9.17) is 0 Å². The molecule has 12 heavy (non-hydrogen) atoms. The Labute approximate surface area is 68.0 Å². The topological polar surface area (TPSA) is 26.3 Å². The maximum absolute atomic E-state index is 12.2. The second kappa shape index (κ2) is 4.13. The number of hydrogen-bond donors (Lipinski definition) is 0. The summed E-state index contributed by atoms with van der Waals surface area (Å²) >= 11 is 0. The highest BCUT2D eigenvalue weighted by atomic mass is 19.3. The fraction of sp³-hybridized carbons (Fsp3) is 0.571. The van der Waals surface area contributed by atoms with Crippen LogP contribution < -0.4 is 0 Å². The average Bonchev–Trinajstić information content (AvgIpc) is 2.02. The summed E-state index contributed by atoms with van der Waals surface area (Å²) < 4.78 is 40.2. The number of allylic oxidation sites excluding steroid dienone is 1. The molecule has 0 aromatic carbocycles. The van der Waals surface area contributed by atoms with Crippen LogP contribution >= 0.6 is 0 Å². The Morgan fingerprint density at radius 1 is 1.58 bits per heavy atom. The van der Waals surface area contributed by atoms with Crippen LogP contribution in [0.4, 0.5) is 13.2 Å². The van der Waals surface area contributed by atoms with E-state index >= 15 is 0 Å². The van der Waals surface area contributed by atoms with Gasteiger partial charge in [-0.2, -0.15) is 8.78 Å². The zero-order chi connectivity index (χ0) is 9.78. The van der Waals surface area contributed by atoms with Gasteiger partial charge in [-0.25, -0.2) is 9.18 Å². The van der Waals surface area contributed by atoms with Crippen molar-refractivity contribution in [1.82, 2.24) is 0 Å². The molecule has 0 N–H and O–H groups in total. The Balaban J connectivity index is 4.45. The van der Waals surface area contributed by atoms with Crippen molar-refractivity contribution >= 4 is 5.97 Å². The molecule has 0 spiro atoms. The molecular formula is C7H9F3O2. The van der Waals surface area contributed by atoms with Gasteiger partial charge in [0.05, 0.1) is 7.11 Å². The van der Waals surface area contributed by atoms with Gasteiger partial charge in [0.15, 0.2) is 6.67 Å². The predicted molar refractivity (Wildman–Crippen MR) is 36.7 cm³/mol. The second-order valence-electron chi connectivity index (χ2n) is 2.21. The molecule has 0 amide bonds. The molecule has 0 fully saturated rings. The lowest BCUT2D eigenvalue weighted by Gasteiger charge is -2.06. The van der Waals surface area contributed by atoms with Gasteiger partial charge >= 0.3 is 5.97 Å². The standard InChI is InChI=1S/C7H9F3O2/c1-5(6(11)12-2)3-7(9,10)4-8/h3H,4H2,1-2H3/b5-3+. The molecule has 0 aliphatic heterocycles. The SMILES string of the molecule is COC(=O)/C(C)=C/C(F)(F)CF. The molecule has 2 nitrogen and oxygen atoms in total. The summed E-state index contributed by atoms with van der Waals surface area (Å²) in [6.45, 7) is -0.684. The number of alkyl halides is 3. The van der Waals surface area contributed by atoms with Crippen molar-refractivity contribution in [3.8, 4) is 0 Å². The average molecular weight is 182 g/mol. The first kappa shape index (κ1) is 11.0. The van der Waals surface area contributed by atoms with Gasteiger partial charge in [-0.1, -0.05) is 0 Å². The van der Waals surface area contributed by atoms with Gasteiger partial charge in [-0.15, -0.1) is 0 Å². The van der Waals surface area contributed by atoms with Crippen molar-refractivity contribution in [2.45, 2.75) is 12.8 Å². The maximum atomic E-state index is 12.2. The summed E-state index contributed by atoms with van der Waals surface area (Å²) in [5.74, 6) is -4.47. The molecule has 0 rings (SSSR count). The Hall–Kier alpha value is -1.00. The number of rotatable bonds is 3. The van der Waals surface area contributed by atoms with Gasteiger partial charge in [-0.3, -0.25) is 0 Å². The summed E-state index contributed by atoms with van der Waals surface area (Å²) in [5, 5.41) is 0. The third-order valence-electron chi connectivity index (χ3n) is 1.11. The van der Waals surface area contributed by atoms with Gasteiger partial charge in [0.1, 0.15) is 0 Å². The van der Waals surface area contributed by atoms with Crippen molar-refractivity contribution in [3.05, 3.63) is 11.6 Å². The molecule has 5 heteroatoms. The van der Waals surface area contributed by atoms with E-state index in [1.165, 1.54) is 0 Å². The number of hydrogen-bond acceptors (Lipinski definition) is 2. The minimum absolute atomic E-state index is 0.249. The van der Waals surface area contributed by atoms with E-state index < -0.39 is 18.6 Å². The van der Waals surface area contributed by atoms with Crippen molar-refractivity contribution in [2.75, 3.05) is 13.8 Å². The van der Waals surface area contributed by atoms with E-state index in [0.717, 1.165) is 14.0 Å². The minimum Gasteiger partial charge on any atom is -0.466 e. The fourth-order valence-electron chi connectivity index (χ4n) is 0.575. The number of halogens is 3. The first-order valence-corrected chi connectivity index (χ1v) is 3.14. The van der Waals surface area contributed by atoms with Gasteiger partial charge < -0.3 is 4.74 Å². The van der Waals surface area contributed by atoms with Crippen molar-refractivity contribution in [2.24, 2.45) is 0 Å². The quantitative estimate of drug-likeness (QED) is 0.490. The van der Waals surface area contributed by atoms with E-state index in [1.807, 2.05) is 0 Å². The predicted octanol–water partition coefficient (Wildman–Crippen LogP) is 1.71. The van der Waals surface area contributed by atoms with Crippen LogP contribution in [0.1, 0.15) is 6.92 Å². The highest BCUT2D eigenvalue weighted by molar-refractivity contribution is 5.87.